The molecule has 1 saturated heterocycles. The maximum absolute atomic E-state index is 5.56. The van der Waals surface area contributed by atoms with E-state index < -0.39 is 0 Å². The molecule has 2 rings (SSSR count). The molecule has 1 N–H and O–H groups in total. The topological polar surface area (TPSA) is 24.5 Å². The number of hydrogen-bond donors (Lipinski definition) is 1. The summed E-state index contributed by atoms with van der Waals surface area (Å²) in [5.74, 6) is 0. The van der Waals surface area contributed by atoms with Gasteiger partial charge in [0.05, 0.1) is 13.2 Å². The molecule has 1 aliphatic rings. The molecule has 0 radical (unpaired) electrons. The van der Waals surface area contributed by atoms with Crippen molar-refractivity contribution in [3.63, 3.8) is 0 Å². The van der Waals surface area contributed by atoms with Crippen molar-refractivity contribution in [3.8, 4) is 0 Å². The lowest BCUT2D eigenvalue weighted by Gasteiger charge is -2.35. The van der Waals surface area contributed by atoms with Crippen LogP contribution in [0.4, 0.5) is 0 Å². The van der Waals surface area contributed by atoms with Gasteiger partial charge in [-0.05, 0) is 37.6 Å². The van der Waals surface area contributed by atoms with E-state index in [1.54, 1.807) is 0 Å². The molecule has 3 heteroatoms. The number of morpholine rings is 1. The Morgan fingerprint density at radius 3 is 2.89 bits per heavy atom. The van der Waals surface area contributed by atoms with E-state index in [0.29, 0.717) is 6.04 Å². The van der Waals surface area contributed by atoms with E-state index >= 15 is 0 Å². The smallest absolute Gasteiger partial charge is 0.0635 e. The van der Waals surface area contributed by atoms with Gasteiger partial charge in [0, 0.05) is 25.7 Å². The normalized spacial score (nSPS) is 21.2. The number of rotatable bonds is 4. The van der Waals surface area contributed by atoms with Gasteiger partial charge in [-0.2, -0.15) is 0 Å². The van der Waals surface area contributed by atoms with Crippen LogP contribution < -0.4 is 5.32 Å². The largest absolute Gasteiger partial charge is 0.378 e. The van der Waals surface area contributed by atoms with Gasteiger partial charge in [0.15, 0.2) is 0 Å². The van der Waals surface area contributed by atoms with Crippen LogP contribution >= 0.6 is 0 Å². The van der Waals surface area contributed by atoms with Crippen LogP contribution in [0.5, 0.6) is 0 Å². The molecule has 100 valence electrons. The summed E-state index contributed by atoms with van der Waals surface area (Å²) in [6.07, 6.45) is 0. The lowest BCUT2D eigenvalue weighted by Crippen LogP contribution is -2.49. The van der Waals surface area contributed by atoms with E-state index in [1.807, 2.05) is 7.05 Å². The minimum atomic E-state index is 0.491. The lowest BCUT2D eigenvalue weighted by molar-refractivity contribution is -0.0103. The van der Waals surface area contributed by atoms with Crippen LogP contribution in [0.15, 0.2) is 18.2 Å². The van der Waals surface area contributed by atoms with Gasteiger partial charge < -0.3 is 10.1 Å². The third-order valence-electron chi connectivity index (χ3n) is 3.75. The second-order valence-electron chi connectivity index (χ2n) is 5.18. The Hall–Kier alpha value is -0.900. The van der Waals surface area contributed by atoms with E-state index in [9.17, 15) is 0 Å². The quantitative estimate of drug-likeness (QED) is 0.878. The summed E-state index contributed by atoms with van der Waals surface area (Å²) >= 11 is 0. The predicted octanol–water partition coefficient (Wildman–Crippen LogP) is 1.72. The number of likely N-dealkylation sites (N-methyl/N-ethyl adjacent to an activating group) is 1. The molecule has 0 aromatic heterocycles. The fourth-order valence-electron chi connectivity index (χ4n) is 2.46. The highest BCUT2D eigenvalue weighted by Gasteiger charge is 2.22. The number of benzene rings is 1. The SMILES string of the molecule is CNCC1COCCN1Cc1ccc(C)c(C)c1. The Morgan fingerprint density at radius 2 is 2.17 bits per heavy atom. The van der Waals surface area contributed by atoms with Crippen molar-refractivity contribution < 1.29 is 4.74 Å². The Morgan fingerprint density at radius 1 is 1.33 bits per heavy atom. The highest BCUT2D eigenvalue weighted by atomic mass is 16.5. The number of hydrogen-bond acceptors (Lipinski definition) is 3. The molecule has 1 heterocycles. The second-order valence-corrected chi connectivity index (χ2v) is 5.18. The first-order valence-corrected chi connectivity index (χ1v) is 6.73. The summed E-state index contributed by atoms with van der Waals surface area (Å²) in [7, 11) is 2.00. The zero-order chi connectivity index (χ0) is 13.0. The van der Waals surface area contributed by atoms with Crippen LogP contribution in [-0.4, -0.2) is 44.3 Å². The molecule has 3 nitrogen and oxygen atoms in total. The van der Waals surface area contributed by atoms with Crippen LogP contribution in [0, 0.1) is 13.8 Å². The van der Waals surface area contributed by atoms with Gasteiger partial charge in [0.2, 0.25) is 0 Å². The fraction of sp³-hybridized carbons (Fsp3) is 0.600. The molecule has 0 aliphatic carbocycles. The zero-order valence-electron chi connectivity index (χ0n) is 11.7. The second kappa shape index (κ2) is 6.32. The average molecular weight is 248 g/mol. The van der Waals surface area contributed by atoms with Crippen molar-refractivity contribution in [3.05, 3.63) is 34.9 Å². The Kier molecular flexibility index (Phi) is 4.75. The molecule has 1 unspecified atom stereocenters. The van der Waals surface area contributed by atoms with E-state index in [2.05, 4.69) is 42.3 Å². The Bertz CT molecular complexity index is 390. The van der Waals surface area contributed by atoms with E-state index in [1.165, 1.54) is 16.7 Å². The monoisotopic (exact) mass is 248 g/mol. The molecule has 1 aliphatic heterocycles. The molecular formula is C15H24N2O. The maximum atomic E-state index is 5.56. The number of aryl methyl sites for hydroxylation is 2. The minimum Gasteiger partial charge on any atom is -0.378 e. The van der Waals surface area contributed by atoms with Gasteiger partial charge in [0.25, 0.3) is 0 Å². The fourth-order valence-corrected chi connectivity index (χ4v) is 2.46. The Labute approximate surface area is 110 Å². The summed E-state index contributed by atoms with van der Waals surface area (Å²) in [5, 5.41) is 3.25. The maximum Gasteiger partial charge on any atom is 0.0635 e. The predicted molar refractivity (Wildman–Crippen MR) is 74.9 cm³/mol. The summed E-state index contributed by atoms with van der Waals surface area (Å²) in [6, 6.07) is 7.26. The number of nitrogens with zero attached hydrogens (tertiary/aromatic N) is 1. The minimum absolute atomic E-state index is 0.491. The van der Waals surface area contributed by atoms with Gasteiger partial charge in [0.1, 0.15) is 0 Å². The van der Waals surface area contributed by atoms with Crippen molar-refractivity contribution >= 4 is 0 Å². The molecule has 0 spiro atoms. The summed E-state index contributed by atoms with van der Waals surface area (Å²) in [6.45, 7) is 9.08. The molecule has 1 fully saturated rings. The highest BCUT2D eigenvalue weighted by molar-refractivity contribution is 5.29. The number of nitrogens with one attached hydrogen (secondary N) is 1. The van der Waals surface area contributed by atoms with Crippen molar-refractivity contribution in [1.29, 1.82) is 0 Å². The standard InChI is InChI=1S/C15H24N2O/c1-12-4-5-14(8-13(12)2)10-17-6-7-18-11-15(17)9-16-3/h4-5,8,15-16H,6-7,9-11H2,1-3H3. The summed E-state index contributed by atoms with van der Waals surface area (Å²) in [5.41, 5.74) is 4.15. The molecule has 0 amide bonds. The first-order chi connectivity index (χ1) is 8.70. The van der Waals surface area contributed by atoms with Crippen LogP contribution in [0.25, 0.3) is 0 Å². The van der Waals surface area contributed by atoms with Crippen LogP contribution in [0.2, 0.25) is 0 Å². The van der Waals surface area contributed by atoms with Crippen LogP contribution in [-0.2, 0) is 11.3 Å². The Balaban J connectivity index is 2.03. The number of ether oxygens (including phenoxy) is 1. The van der Waals surface area contributed by atoms with Crippen molar-refractivity contribution in [2.45, 2.75) is 26.4 Å². The first-order valence-electron chi connectivity index (χ1n) is 6.73. The third-order valence-corrected chi connectivity index (χ3v) is 3.75. The molecule has 1 atom stereocenters. The molecule has 0 saturated carbocycles. The van der Waals surface area contributed by atoms with Gasteiger partial charge in [-0.3, -0.25) is 4.90 Å². The molecule has 0 bridgehead atoms. The van der Waals surface area contributed by atoms with Crippen LogP contribution in [0.1, 0.15) is 16.7 Å². The first kappa shape index (κ1) is 13.5. The van der Waals surface area contributed by atoms with Gasteiger partial charge >= 0.3 is 0 Å². The van der Waals surface area contributed by atoms with Gasteiger partial charge in [-0.15, -0.1) is 0 Å². The van der Waals surface area contributed by atoms with Crippen molar-refractivity contribution in [1.82, 2.24) is 10.2 Å². The molecular weight excluding hydrogens is 224 g/mol. The van der Waals surface area contributed by atoms with Crippen LogP contribution in [0.3, 0.4) is 0 Å². The lowest BCUT2D eigenvalue weighted by atomic mass is 10.1. The molecule has 1 aromatic carbocycles. The van der Waals surface area contributed by atoms with E-state index in [0.717, 1.165) is 32.8 Å². The molecule has 18 heavy (non-hydrogen) atoms. The van der Waals surface area contributed by atoms with Gasteiger partial charge in [-0.25, -0.2) is 0 Å². The van der Waals surface area contributed by atoms with Crippen molar-refractivity contribution in [2.75, 3.05) is 33.4 Å². The van der Waals surface area contributed by atoms with E-state index in [-0.39, 0.29) is 0 Å². The molecule has 1 aromatic rings. The third kappa shape index (κ3) is 3.31. The van der Waals surface area contributed by atoms with Gasteiger partial charge in [-0.1, -0.05) is 18.2 Å². The zero-order valence-corrected chi connectivity index (χ0v) is 11.7. The van der Waals surface area contributed by atoms with E-state index in [4.69, 9.17) is 4.74 Å². The highest BCUT2D eigenvalue weighted by Crippen LogP contribution is 2.15. The average Bonchev–Trinajstić information content (AvgIpc) is 2.37. The summed E-state index contributed by atoms with van der Waals surface area (Å²) < 4.78 is 5.56. The summed E-state index contributed by atoms with van der Waals surface area (Å²) in [4.78, 5) is 2.52. The van der Waals surface area contributed by atoms with Crippen molar-refractivity contribution in [2.24, 2.45) is 0 Å².